The molecule has 0 spiro atoms. The van der Waals surface area contributed by atoms with Gasteiger partial charge in [-0.25, -0.2) is 4.79 Å². The fourth-order valence-electron chi connectivity index (χ4n) is 2.23. The lowest BCUT2D eigenvalue weighted by Gasteiger charge is -2.16. The van der Waals surface area contributed by atoms with Gasteiger partial charge in [-0.15, -0.1) is 0 Å². The third kappa shape index (κ3) is 2.84. The number of carbonyl (C=O) groups is 1. The van der Waals surface area contributed by atoms with Crippen molar-refractivity contribution in [2.45, 2.75) is 19.3 Å². The summed E-state index contributed by atoms with van der Waals surface area (Å²) < 4.78 is 1.14. The largest absolute Gasteiger partial charge is 0.383 e. The second-order valence-electron chi connectivity index (χ2n) is 4.84. The molecule has 1 fully saturated rings. The van der Waals surface area contributed by atoms with Crippen molar-refractivity contribution in [3.8, 4) is 0 Å². The summed E-state index contributed by atoms with van der Waals surface area (Å²) in [6.07, 6.45) is 2.39. The van der Waals surface area contributed by atoms with E-state index >= 15 is 0 Å². The molecule has 0 unspecified atom stereocenters. The van der Waals surface area contributed by atoms with Crippen molar-refractivity contribution in [1.29, 1.82) is 0 Å². The highest BCUT2D eigenvalue weighted by molar-refractivity contribution is 5.77. The van der Waals surface area contributed by atoms with E-state index in [9.17, 15) is 14.4 Å². The molecule has 0 atom stereocenters. The Kier molecular flexibility index (Phi) is 4.11. The van der Waals surface area contributed by atoms with E-state index in [1.54, 1.807) is 0 Å². The van der Waals surface area contributed by atoms with E-state index in [1.807, 2.05) is 4.90 Å². The molecular formula is C12H19N5O3. The van der Waals surface area contributed by atoms with Gasteiger partial charge in [-0.3, -0.25) is 19.1 Å². The molecule has 2 heterocycles. The van der Waals surface area contributed by atoms with Gasteiger partial charge in [0.15, 0.2) is 0 Å². The molecule has 0 aromatic carbocycles. The number of H-pyrrole nitrogens is 1. The standard InChI is InChI=1S/C12H19N5O3/c1-16-10(13)9(11(19)15-12(16)20)14-5-4-8(18)17-6-2-3-7-17/h14H,2-7,13H2,1H3,(H,15,19,20). The summed E-state index contributed by atoms with van der Waals surface area (Å²) in [6, 6.07) is 0. The lowest BCUT2D eigenvalue weighted by molar-refractivity contribution is -0.129. The second-order valence-corrected chi connectivity index (χ2v) is 4.84. The second kappa shape index (κ2) is 5.81. The van der Waals surface area contributed by atoms with Gasteiger partial charge in [0.05, 0.1) is 0 Å². The van der Waals surface area contributed by atoms with Gasteiger partial charge in [0.2, 0.25) is 5.91 Å². The van der Waals surface area contributed by atoms with Gasteiger partial charge in [-0.1, -0.05) is 0 Å². The quantitative estimate of drug-likeness (QED) is 0.660. The number of anilines is 2. The highest BCUT2D eigenvalue weighted by Crippen LogP contribution is 2.10. The third-order valence-electron chi connectivity index (χ3n) is 3.47. The average molecular weight is 281 g/mol. The van der Waals surface area contributed by atoms with Crippen LogP contribution in [0.3, 0.4) is 0 Å². The maximum Gasteiger partial charge on any atom is 0.329 e. The van der Waals surface area contributed by atoms with E-state index in [1.165, 1.54) is 7.05 Å². The zero-order valence-corrected chi connectivity index (χ0v) is 11.4. The van der Waals surface area contributed by atoms with Gasteiger partial charge >= 0.3 is 5.69 Å². The summed E-state index contributed by atoms with van der Waals surface area (Å²) in [7, 11) is 1.47. The molecule has 1 amide bonds. The lowest BCUT2D eigenvalue weighted by Crippen LogP contribution is -2.33. The van der Waals surface area contributed by atoms with Gasteiger partial charge in [0.25, 0.3) is 5.56 Å². The zero-order chi connectivity index (χ0) is 14.7. The minimum atomic E-state index is -0.570. The Balaban J connectivity index is 1.98. The normalized spacial score (nSPS) is 14.6. The first kappa shape index (κ1) is 14.2. The number of aromatic amines is 1. The minimum absolute atomic E-state index is 0.0624. The molecule has 1 aliphatic heterocycles. The van der Waals surface area contributed by atoms with Crippen molar-refractivity contribution in [3.63, 3.8) is 0 Å². The van der Waals surface area contributed by atoms with Crippen LogP contribution >= 0.6 is 0 Å². The number of amides is 1. The van der Waals surface area contributed by atoms with Gasteiger partial charge in [0.1, 0.15) is 11.5 Å². The summed E-state index contributed by atoms with van der Waals surface area (Å²) >= 11 is 0. The van der Waals surface area contributed by atoms with Crippen LogP contribution in [0.15, 0.2) is 9.59 Å². The van der Waals surface area contributed by atoms with Crippen LogP contribution < -0.4 is 22.3 Å². The van der Waals surface area contributed by atoms with E-state index < -0.39 is 11.2 Å². The Labute approximate surface area is 115 Å². The summed E-state index contributed by atoms with van der Waals surface area (Å²) in [5.41, 5.74) is 4.70. The molecule has 0 radical (unpaired) electrons. The van der Waals surface area contributed by atoms with Crippen LogP contribution in [0.25, 0.3) is 0 Å². The summed E-state index contributed by atoms with van der Waals surface area (Å²) in [5, 5.41) is 2.83. The van der Waals surface area contributed by atoms with Crippen LogP contribution in [0.2, 0.25) is 0 Å². The summed E-state index contributed by atoms with van der Waals surface area (Å²) in [6.45, 7) is 1.92. The van der Waals surface area contributed by atoms with Crippen LogP contribution in [-0.2, 0) is 11.8 Å². The Morgan fingerprint density at radius 3 is 2.65 bits per heavy atom. The number of nitrogens with one attached hydrogen (secondary N) is 2. The van der Waals surface area contributed by atoms with Crippen LogP contribution in [0.1, 0.15) is 19.3 Å². The Hall–Kier alpha value is -2.25. The lowest BCUT2D eigenvalue weighted by atomic mass is 10.3. The fraction of sp³-hybridized carbons (Fsp3) is 0.583. The number of rotatable bonds is 4. The van der Waals surface area contributed by atoms with Crippen molar-refractivity contribution >= 4 is 17.4 Å². The Morgan fingerprint density at radius 1 is 1.35 bits per heavy atom. The van der Waals surface area contributed by atoms with Crippen molar-refractivity contribution in [2.24, 2.45) is 7.05 Å². The molecule has 20 heavy (non-hydrogen) atoms. The van der Waals surface area contributed by atoms with Crippen molar-refractivity contribution in [2.75, 3.05) is 30.7 Å². The summed E-state index contributed by atoms with van der Waals surface area (Å²) in [4.78, 5) is 38.8. The summed E-state index contributed by atoms with van der Waals surface area (Å²) in [5.74, 6) is 0.127. The number of hydrogen-bond donors (Lipinski definition) is 3. The molecule has 1 aromatic rings. The van der Waals surface area contributed by atoms with Gasteiger partial charge in [-0.2, -0.15) is 0 Å². The SMILES string of the molecule is Cn1c(N)c(NCCC(=O)N2CCCC2)c(=O)[nH]c1=O. The predicted molar refractivity (Wildman–Crippen MR) is 75.6 cm³/mol. The first-order chi connectivity index (χ1) is 9.50. The predicted octanol–water partition coefficient (Wildman–Crippen LogP) is -0.920. The van der Waals surface area contributed by atoms with Gasteiger partial charge < -0.3 is 16.0 Å². The molecule has 0 bridgehead atoms. The average Bonchev–Trinajstić information content (AvgIpc) is 2.94. The smallest absolute Gasteiger partial charge is 0.329 e. The number of carbonyl (C=O) groups excluding carboxylic acids is 1. The van der Waals surface area contributed by atoms with E-state index in [-0.39, 0.29) is 17.4 Å². The highest BCUT2D eigenvalue weighted by Gasteiger charge is 2.17. The van der Waals surface area contributed by atoms with Crippen LogP contribution in [0.4, 0.5) is 11.5 Å². The molecule has 1 aliphatic rings. The number of aromatic nitrogens is 2. The Morgan fingerprint density at radius 2 is 2.00 bits per heavy atom. The zero-order valence-electron chi connectivity index (χ0n) is 11.4. The van der Waals surface area contributed by atoms with Crippen molar-refractivity contribution in [3.05, 3.63) is 20.8 Å². The number of hydrogen-bond acceptors (Lipinski definition) is 5. The van der Waals surface area contributed by atoms with E-state index in [2.05, 4.69) is 10.3 Å². The maximum absolute atomic E-state index is 11.8. The topological polar surface area (TPSA) is 113 Å². The van der Waals surface area contributed by atoms with Crippen molar-refractivity contribution in [1.82, 2.24) is 14.5 Å². The van der Waals surface area contributed by atoms with E-state index in [0.29, 0.717) is 13.0 Å². The molecule has 0 saturated carbocycles. The van der Waals surface area contributed by atoms with Gasteiger partial charge in [0, 0.05) is 33.1 Å². The molecule has 2 rings (SSSR count). The molecule has 1 saturated heterocycles. The van der Waals surface area contributed by atoms with Crippen LogP contribution in [0, 0.1) is 0 Å². The molecule has 8 nitrogen and oxygen atoms in total. The Bertz CT molecular complexity index is 612. The maximum atomic E-state index is 11.8. The first-order valence-corrected chi connectivity index (χ1v) is 6.61. The molecule has 1 aromatic heterocycles. The van der Waals surface area contributed by atoms with Crippen LogP contribution in [0.5, 0.6) is 0 Å². The third-order valence-corrected chi connectivity index (χ3v) is 3.47. The molecule has 110 valence electrons. The molecule has 0 aliphatic carbocycles. The fourth-order valence-corrected chi connectivity index (χ4v) is 2.23. The number of nitrogens with two attached hydrogens (primary N) is 1. The minimum Gasteiger partial charge on any atom is -0.383 e. The monoisotopic (exact) mass is 281 g/mol. The molecular weight excluding hydrogens is 262 g/mol. The van der Waals surface area contributed by atoms with Crippen LogP contribution in [-0.4, -0.2) is 40.0 Å². The number of nitrogen functional groups attached to an aromatic ring is 1. The molecule has 8 heteroatoms. The van der Waals surface area contributed by atoms with Crippen molar-refractivity contribution < 1.29 is 4.79 Å². The van der Waals surface area contributed by atoms with E-state index in [0.717, 1.165) is 30.5 Å². The first-order valence-electron chi connectivity index (χ1n) is 6.61. The highest BCUT2D eigenvalue weighted by atomic mass is 16.2. The van der Waals surface area contributed by atoms with E-state index in [4.69, 9.17) is 5.73 Å². The number of likely N-dealkylation sites (tertiary alicyclic amines) is 1. The molecule has 4 N–H and O–H groups in total. The number of nitrogens with zero attached hydrogens (tertiary/aromatic N) is 2. The van der Waals surface area contributed by atoms with Gasteiger partial charge in [-0.05, 0) is 12.8 Å².